The molecule has 0 aromatic carbocycles. The van der Waals surface area contributed by atoms with E-state index in [2.05, 4.69) is 9.47 Å². The van der Waals surface area contributed by atoms with E-state index in [4.69, 9.17) is 10.2 Å². The summed E-state index contributed by atoms with van der Waals surface area (Å²) < 4.78 is 149. The van der Waals surface area contributed by atoms with Crippen molar-refractivity contribution in [2.24, 2.45) is 0 Å². The Balaban J connectivity index is 5.47. The molecule has 0 bridgehead atoms. The summed E-state index contributed by atoms with van der Waals surface area (Å²) in [5.41, 5.74) is 0. The van der Waals surface area contributed by atoms with Gasteiger partial charge in [0.15, 0.2) is 0 Å². The van der Waals surface area contributed by atoms with Crippen molar-refractivity contribution in [3.05, 3.63) is 0 Å². The highest BCUT2D eigenvalue weighted by molar-refractivity contribution is 4.79. The van der Waals surface area contributed by atoms with Crippen LogP contribution in [0.15, 0.2) is 0 Å². The average molecular weight is 380 g/mol. The van der Waals surface area contributed by atoms with Gasteiger partial charge in [0.25, 0.3) is 12.2 Å². The molecule has 23 heavy (non-hydrogen) atoms. The lowest BCUT2D eigenvalue weighted by Gasteiger charge is -2.33. The van der Waals surface area contributed by atoms with Gasteiger partial charge in [0.05, 0.1) is 0 Å². The van der Waals surface area contributed by atoms with Crippen LogP contribution in [-0.4, -0.2) is 53.3 Å². The minimum Gasteiger partial charge on any atom is -0.319 e. The van der Waals surface area contributed by atoms with Crippen LogP contribution in [-0.2, 0) is 9.47 Å². The van der Waals surface area contributed by atoms with Crippen LogP contribution < -0.4 is 0 Å². The van der Waals surface area contributed by atoms with Crippen LogP contribution in [0.3, 0.4) is 0 Å². The zero-order valence-electron chi connectivity index (χ0n) is 9.90. The van der Waals surface area contributed by atoms with Crippen molar-refractivity contribution in [3.8, 4) is 0 Å². The number of ether oxygens (including phenoxy) is 2. The highest BCUT2D eigenvalue weighted by Gasteiger charge is 2.65. The molecule has 0 rings (SSSR count). The summed E-state index contributed by atoms with van der Waals surface area (Å²) in [5, 5.41) is 16.8. The smallest absolute Gasteiger partial charge is 0.319 e. The molecule has 0 aromatic heterocycles. The summed E-state index contributed by atoms with van der Waals surface area (Å²) in [4.78, 5) is 0. The third-order valence-corrected chi connectivity index (χ3v) is 1.73. The second-order valence-corrected chi connectivity index (χ2v) is 3.71. The van der Waals surface area contributed by atoms with E-state index < -0.39 is 43.1 Å². The zero-order valence-corrected chi connectivity index (χ0v) is 9.90. The molecule has 140 valence electrons. The third kappa shape index (κ3) is 6.96. The van der Waals surface area contributed by atoms with Crippen LogP contribution in [0.4, 0.5) is 52.7 Å². The molecule has 0 aliphatic heterocycles. The SMILES string of the molecule is OC(O)(OC(C(F)(F)F)C(F)(F)F)OC(C(F)(F)F)C(F)(F)F. The molecule has 0 aliphatic carbocycles. The quantitative estimate of drug-likeness (QED) is 0.582. The van der Waals surface area contributed by atoms with Gasteiger partial charge in [-0.3, -0.25) is 9.47 Å². The molecule has 0 atom stereocenters. The standard InChI is InChI=1S/C7H4F12O4/c8-3(9,10)1(4(11,12)13)22-7(20,21)23-2(5(14,15)16)6(17,18)19/h1-2,20-21H. The lowest BCUT2D eigenvalue weighted by molar-refractivity contribution is -0.543. The number of alkyl halides is 12. The Bertz CT molecular complexity index is 326. The van der Waals surface area contributed by atoms with Gasteiger partial charge < -0.3 is 10.2 Å². The molecule has 0 amide bonds. The molecule has 0 spiro atoms. The van der Waals surface area contributed by atoms with Gasteiger partial charge in [0.2, 0.25) is 0 Å². The number of aliphatic hydroxyl groups is 2. The average Bonchev–Trinajstić information content (AvgIpc) is 2.16. The van der Waals surface area contributed by atoms with Crippen LogP contribution in [0, 0.1) is 0 Å². The highest BCUT2D eigenvalue weighted by Crippen LogP contribution is 2.41. The van der Waals surface area contributed by atoms with Gasteiger partial charge in [-0.2, -0.15) is 52.7 Å². The first kappa shape index (κ1) is 22.0. The number of hydrogen-bond donors (Lipinski definition) is 2. The minimum absolute atomic E-state index is 2.43. The molecule has 0 radical (unpaired) electrons. The molecular formula is C7H4F12O4. The molecule has 0 heterocycles. The fourth-order valence-corrected chi connectivity index (χ4v) is 0.973. The number of rotatable bonds is 4. The first-order valence-corrected chi connectivity index (χ1v) is 4.75. The Morgan fingerprint density at radius 1 is 0.478 bits per heavy atom. The lowest BCUT2D eigenvalue weighted by Crippen LogP contribution is -2.56. The summed E-state index contributed by atoms with van der Waals surface area (Å²) in [7, 11) is 0. The van der Waals surface area contributed by atoms with E-state index in [1.54, 1.807) is 0 Å². The minimum atomic E-state index is -6.45. The van der Waals surface area contributed by atoms with E-state index in [9.17, 15) is 52.7 Å². The van der Waals surface area contributed by atoms with Crippen molar-refractivity contribution in [2.75, 3.05) is 0 Å². The van der Waals surface area contributed by atoms with Gasteiger partial charge in [0.1, 0.15) is 0 Å². The number of hydrogen-bond acceptors (Lipinski definition) is 4. The molecule has 0 saturated heterocycles. The normalized spacial score (nSPS) is 15.7. The zero-order chi connectivity index (χ0) is 19.1. The maximum Gasteiger partial charge on any atom is 0.423 e. The third-order valence-electron chi connectivity index (χ3n) is 1.73. The van der Waals surface area contributed by atoms with Crippen molar-refractivity contribution < 1.29 is 72.4 Å². The van der Waals surface area contributed by atoms with Gasteiger partial charge in [-0.15, -0.1) is 0 Å². The first-order valence-electron chi connectivity index (χ1n) is 4.75. The van der Waals surface area contributed by atoms with Crippen molar-refractivity contribution >= 4 is 0 Å². The molecule has 0 aromatic rings. The summed E-state index contributed by atoms with van der Waals surface area (Å²) in [6.07, 6.45) is -41.6. The summed E-state index contributed by atoms with van der Waals surface area (Å²) in [6, 6.07) is 0. The van der Waals surface area contributed by atoms with E-state index in [0.29, 0.717) is 0 Å². The molecular weight excluding hydrogens is 376 g/mol. The molecule has 16 heteroatoms. The van der Waals surface area contributed by atoms with Gasteiger partial charge >= 0.3 is 30.9 Å². The maximum atomic E-state index is 12.0. The number of halogens is 12. The Labute approximate surface area is 117 Å². The fraction of sp³-hybridized carbons (Fsp3) is 1.00. The van der Waals surface area contributed by atoms with Crippen molar-refractivity contribution in [1.82, 2.24) is 0 Å². The van der Waals surface area contributed by atoms with E-state index >= 15 is 0 Å². The largest absolute Gasteiger partial charge is 0.423 e. The van der Waals surface area contributed by atoms with E-state index in [-0.39, 0.29) is 0 Å². The van der Waals surface area contributed by atoms with Crippen molar-refractivity contribution in [1.29, 1.82) is 0 Å². The summed E-state index contributed by atoms with van der Waals surface area (Å²) >= 11 is 0. The Hall–Kier alpha value is -1.00. The van der Waals surface area contributed by atoms with E-state index in [1.165, 1.54) is 0 Å². The first-order chi connectivity index (χ1) is 9.68. The topological polar surface area (TPSA) is 58.9 Å². The van der Waals surface area contributed by atoms with Crippen LogP contribution in [0.25, 0.3) is 0 Å². The van der Waals surface area contributed by atoms with Gasteiger partial charge in [-0.05, 0) is 0 Å². The predicted molar refractivity (Wildman–Crippen MR) is 41.1 cm³/mol. The lowest BCUT2D eigenvalue weighted by atomic mass is 10.3. The van der Waals surface area contributed by atoms with Crippen LogP contribution in [0.2, 0.25) is 0 Å². The van der Waals surface area contributed by atoms with Crippen molar-refractivity contribution in [3.63, 3.8) is 0 Å². The van der Waals surface area contributed by atoms with E-state index in [0.717, 1.165) is 0 Å². The van der Waals surface area contributed by atoms with Gasteiger partial charge in [0, 0.05) is 0 Å². The second kappa shape index (κ2) is 6.14. The van der Waals surface area contributed by atoms with Gasteiger partial charge in [-0.1, -0.05) is 0 Å². The highest BCUT2D eigenvalue weighted by atomic mass is 19.4. The summed E-state index contributed by atoms with van der Waals surface area (Å²) in [5.74, 6) is 0. The second-order valence-electron chi connectivity index (χ2n) is 3.71. The van der Waals surface area contributed by atoms with E-state index in [1.807, 2.05) is 0 Å². The Morgan fingerprint density at radius 3 is 0.783 bits per heavy atom. The molecule has 0 saturated carbocycles. The van der Waals surface area contributed by atoms with Gasteiger partial charge in [-0.25, -0.2) is 0 Å². The molecule has 4 nitrogen and oxygen atoms in total. The predicted octanol–water partition coefficient (Wildman–Crippen LogP) is 2.60. The van der Waals surface area contributed by atoms with Crippen LogP contribution in [0.5, 0.6) is 0 Å². The summed E-state index contributed by atoms with van der Waals surface area (Å²) in [6.45, 7) is 0. The monoisotopic (exact) mass is 380 g/mol. The maximum absolute atomic E-state index is 12.0. The Kier molecular flexibility index (Phi) is 5.87. The molecule has 0 aliphatic rings. The Morgan fingerprint density at radius 2 is 0.652 bits per heavy atom. The molecule has 2 N–H and O–H groups in total. The fourth-order valence-electron chi connectivity index (χ4n) is 0.973. The molecule has 0 fully saturated rings. The van der Waals surface area contributed by atoms with Crippen LogP contribution in [0.1, 0.15) is 0 Å². The van der Waals surface area contributed by atoms with Crippen molar-refractivity contribution in [2.45, 2.75) is 43.1 Å². The molecule has 0 unspecified atom stereocenters. The van der Waals surface area contributed by atoms with Crippen LogP contribution >= 0.6 is 0 Å².